The molecule has 0 aromatic carbocycles. The largest absolute Gasteiger partial charge is 0.446 e. The molecule has 138 valence electrons. The van der Waals surface area contributed by atoms with E-state index in [2.05, 4.69) is 10.3 Å². The fourth-order valence-electron chi connectivity index (χ4n) is 1.70. The molecule has 1 aliphatic heterocycles. The normalized spacial score (nSPS) is 19.8. The van der Waals surface area contributed by atoms with Crippen LogP contribution in [0.2, 0.25) is 0 Å². The van der Waals surface area contributed by atoms with Crippen LogP contribution in [0, 0.1) is 0 Å². The van der Waals surface area contributed by atoms with Crippen molar-refractivity contribution >= 4 is 6.29 Å². The lowest BCUT2D eigenvalue weighted by atomic mass is 10.1. The number of halogens is 8. The molecule has 1 N–H and O–H groups in total. The van der Waals surface area contributed by atoms with Crippen molar-refractivity contribution in [2.45, 2.75) is 38.2 Å². The molecule has 0 spiro atoms. The van der Waals surface area contributed by atoms with Gasteiger partial charge in [0.05, 0.1) is 23.8 Å². The molecule has 1 aromatic heterocycles. The van der Waals surface area contributed by atoms with Crippen LogP contribution in [0.4, 0.5) is 35.1 Å². The van der Waals surface area contributed by atoms with E-state index in [1.165, 1.54) is 0 Å². The third kappa shape index (κ3) is 7.20. The van der Waals surface area contributed by atoms with Crippen molar-refractivity contribution in [3.05, 3.63) is 29.6 Å². The number of alkyl halides is 8. The van der Waals surface area contributed by atoms with Crippen LogP contribution in [0.3, 0.4) is 0 Å². The molecule has 1 atom stereocenters. The minimum Gasteiger partial charge on any atom is -0.303 e. The highest BCUT2D eigenvalue weighted by molar-refractivity contribution is 5.56. The molecule has 24 heavy (non-hydrogen) atoms. The molecule has 2 rings (SSSR count). The highest BCUT2D eigenvalue weighted by atomic mass is 19.4. The van der Waals surface area contributed by atoms with Crippen molar-refractivity contribution in [3.63, 3.8) is 0 Å². The van der Waals surface area contributed by atoms with Gasteiger partial charge in [-0.2, -0.15) is 26.3 Å². The molecule has 0 saturated carbocycles. The number of pyridine rings is 1. The molecule has 0 amide bonds. The third-order valence-corrected chi connectivity index (χ3v) is 2.71. The van der Waals surface area contributed by atoms with Gasteiger partial charge in [0.15, 0.2) is 0 Å². The smallest absolute Gasteiger partial charge is 0.303 e. The molecular weight excluding hydrogens is 352 g/mol. The maximum atomic E-state index is 12.9. The summed E-state index contributed by atoms with van der Waals surface area (Å²) in [5.41, 5.74) is -0.679. The average Bonchev–Trinajstić information content (AvgIpc) is 2.78. The number of nitrogens with zero attached hydrogens (tertiary/aromatic N) is 1. The van der Waals surface area contributed by atoms with E-state index in [9.17, 15) is 35.1 Å². The first-order valence-corrected chi connectivity index (χ1v) is 6.01. The third-order valence-electron chi connectivity index (χ3n) is 2.71. The van der Waals surface area contributed by atoms with E-state index in [0.29, 0.717) is 6.20 Å². The van der Waals surface area contributed by atoms with E-state index in [-0.39, 0.29) is 13.1 Å². The van der Waals surface area contributed by atoms with E-state index in [1.807, 2.05) is 0 Å². The molecule has 3 nitrogen and oxygen atoms in total. The zero-order valence-corrected chi connectivity index (χ0v) is 11.2. The van der Waals surface area contributed by atoms with Crippen LogP contribution >= 0.6 is 0 Å². The van der Waals surface area contributed by atoms with E-state index < -0.39 is 49.1 Å². The average molecular weight is 366 g/mol. The van der Waals surface area contributed by atoms with Crippen molar-refractivity contribution in [1.29, 1.82) is 0 Å². The number of hydrogen-bond donors (Lipinski definition) is 1. The lowest BCUT2D eigenvalue weighted by molar-refractivity contribution is -0.156. The van der Waals surface area contributed by atoms with Crippen LogP contribution in [0.5, 0.6) is 0 Å². The van der Waals surface area contributed by atoms with Gasteiger partial charge < -0.3 is 5.32 Å². The topological polar surface area (TPSA) is 42.0 Å². The van der Waals surface area contributed by atoms with Crippen LogP contribution in [-0.2, 0) is 11.0 Å². The Morgan fingerprint density at radius 2 is 1.71 bits per heavy atom. The number of nitrogens with one attached hydrogen (secondary N) is 1. The lowest BCUT2D eigenvalue weighted by Gasteiger charge is -2.11. The Hall–Kier alpha value is -1.78. The number of carbonyl (C=O) groups is 1. The summed E-state index contributed by atoms with van der Waals surface area (Å²) in [4.78, 5) is 12.3. The first kappa shape index (κ1) is 22.2. The lowest BCUT2D eigenvalue weighted by Crippen LogP contribution is -2.19. The first-order chi connectivity index (χ1) is 10.3. The molecule has 0 bridgehead atoms. The van der Waals surface area contributed by atoms with Crippen molar-refractivity contribution in [2.24, 2.45) is 0 Å². The highest BCUT2D eigenvalue weighted by Gasteiger charge is 2.40. The van der Waals surface area contributed by atoms with Gasteiger partial charge in [-0.15, -0.1) is 0 Å². The van der Waals surface area contributed by atoms with Crippen LogP contribution in [0.15, 0.2) is 18.3 Å². The maximum Gasteiger partial charge on any atom is 0.446 e. The Morgan fingerprint density at radius 3 is 2.00 bits per heavy atom. The number of aldehydes is 1. The standard InChI is InChI=1S/C10H9F5N2.C2HF3O.CH4/c11-9(12)3-8(17-5-9)7-2-1-6(4-16-7)10(13,14)15;3-2(4,5)1-6;/h1-2,4,8,17H,3,5H2;1H;1H4/t8-;;/m1../s1. The van der Waals surface area contributed by atoms with Gasteiger partial charge >= 0.3 is 12.4 Å². The Morgan fingerprint density at radius 1 is 1.17 bits per heavy atom. The molecular formula is C13H14F8N2O. The van der Waals surface area contributed by atoms with Crippen LogP contribution < -0.4 is 5.32 Å². The second-order valence-corrected chi connectivity index (χ2v) is 4.62. The van der Waals surface area contributed by atoms with Crippen molar-refractivity contribution in [1.82, 2.24) is 10.3 Å². The van der Waals surface area contributed by atoms with E-state index in [0.717, 1.165) is 12.1 Å². The molecule has 1 fully saturated rings. The molecule has 1 aromatic rings. The predicted molar refractivity (Wildman–Crippen MR) is 68.4 cm³/mol. The summed E-state index contributed by atoms with van der Waals surface area (Å²) >= 11 is 0. The zero-order chi connectivity index (χ0) is 17.9. The van der Waals surface area contributed by atoms with Crippen molar-refractivity contribution in [2.75, 3.05) is 6.54 Å². The summed E-state index contributed by atoms with van der Waals surface area (Å²) < 4.78 is 93.7. The van der Waals surface area contributed by atoms with Gasteiger partial charge in [0.1, 0.15) is 0 Å². The van der Waals surface area contributed by atoms with E-state index in [4.69, 9.17) is 4.79 Å². The van der Waals surface area contributed by atoms with Crippen molar-refractivity contribution in [3.8, 4) is 0 Å². The predicted octanol–water partition coefficient (Wildman–Crippen LogP) is 4.15. The minimum atomic E-state index is -4.64. The molecule has 1 saturated heterocycles. The SMILES string of the molecule is C.FC1(F)CN[C@@H](c2ccc(C(F)(F)F)cn2)C1.O=CC(F)(F)F. The highest BCUT2D eigenvalue weighted by Crippen LogP contribution is 2.34. The number of rotatable bonds is 1. The molecule has 11 heteroatoms. The fourth-order valence-corrected chi connectivity index (χ4v) is 1.70. The summed E-state index contributed by atoms with van der Waals surface area (Å²) in [6.45, 7) is -0.472. The summed E-state index contributed by atoms with van der Waals surface area (Å²) in [7, 11) is 0. The quantitative estimate of drug-likeness (QED) is 0.600. The van der Waals surface area contributed by atoms with Gasteiger partial charge in [-0.05, 0) is 12.1 Å². The summed E-state index contributed by atoms with van der Waals surface area (Å²) in [5, 5.41) is 2.53. The number of aromatic nitrogens is 1. The van der Waals surface area contributed by atoms with Crippen LogP contribution in [0.25, 0.3) is 0 Å². The number of carbonyl (C=O) groups excluding carboxylic acids is 1. The van der Waals surface area contributed by atoms with Gasteiger partial charge in [0.25, 0.3) is 5.92 Å². The minimum absolute atomic E-state index is 0. The second-order valence-electron chi connectivity index (χ2n) is 4.62. The van der Waals surface area contributed by atoms with Gasteiger partial charge in [-0.25, -0.2) is 8.78 Å². The van der Waals surface area contributed by atoms with Crippen LogP contribution in [0.1, 0.15) is 31.1 Å². The number of hydrogen-bond acceptors (Lipinski definition) is 3. The fraction of sp³-hybridized carbons (Fsp3) is 0.538. The van der Waals surface area contributed by atoms with E-state index in [1.54, 1.807) is 0 Å². The molecule has 0 unspecified atom stereocenters. The monoisotopic (exact) mass is 366 g/mol. The van der Waals surface area contributed by atoms with Crippen LogP contribution in [-0.4, -0.2) is 29.9 Å². The molecule has 2 heterocycles. The van der Waals surface area contributed by atoms with Gasteiger partial charge in [0.2, 0.25) is 6.29 Å². The molecule has 0 aliphatic carbocycles. The Bertz CT molecular complexity index is 524. The van der Waals surface area contributed by atoms with Gasteiger partial charge in [-0.3, -0.25) is 9.78 Å². The summed E-state index contributed by atoms with van der Waals surface area (Å²) in [6.07, 6.45) is -9.94. The first-order valence-electron chi connectivity index (χ1n) is 6.01. The Balaban J connectivity index is 0.000000655. The Kier molecular flexibility index (Phi) is 7.28. The second kappa shape index (κ2) is 7.86. The zero-order valence-electron chi connectivity index (χ0n) is 11.2. The molecule has 0 radical (unpaired) electrons. The Labute approximate surface area is 132 Å². The molecule has 1 aliphatic rings. The summed E-state index contributed by atoms with van der Waals surface area (Å²) in [6, 6.07) is 1.29. The van der Waals surface area contributed by atoms with Gasteiger partial charge in [0, 0.05) is 12.6 Å². The van der Waals surface area contributed by atoms with E-state index >= 15 is 0 Å². The van der Waals surface area contributed by atoms with Gasteiger partial charge in [-0.1, -0.05) is 7.43 Å². The maximum absolute atomic E-state index is 12.9. The van der Waals surface area contributed by atoms with Crippen molar-refractivity contribution < 1.29 is 39.9 Å². The summed E-state index contributed by atoms with van der Waals surface area (Å²) in [5.74, 6) is -2.82.